The van der Waals surface area contributed by atoms with Crippen LogP contribution in [0.25, 0.3) is 5.76 Å². The highest BCUT2D eigenvalue weighted by atomic mass is 19.1. The third kappa shape index (κ3) is 6.15. The standard InChI is InChI=1S/C28H34F3N3O3/c1-27(2,3)25(35)32-19-11-9-15(13-18(19)29)20-12-10-16-23(33-26(36)28(4,5)6)21(30)17(14-34(7)8)22(31)24(16)37-20/h9,11-13H,10,14H2,1-8H3,(H,32,35)(H,33,36). The van der Waals surface area contributed by atoms with E-state index < -0.39 is 34.2 Å². The van der Waals surface area contributed by atoms with Gasteiger partial charge < -0.3 is 20.3 Å². The Morgan fingerprint density at radius 1 is 0.946 bits per heavy atom. The first kappa shape index (κ1) is 28.2. The molecule has 1 heterocycles. The minimum atomic E-state index is -0.880. The molecule has 2 amide bonds. The Kier molecular flexibility index (Phi) is 7.79. The molecule has 0 bridgehead atoms. The number of nitrogens with one attached hydrogen (secondary N) is 2. The van der Waals surface area contributed by atoms with Crippen LogP contribution in [0.1, 0.15) is 58.2 Å². The molecule has 0 saturated heterocycles. The minimum Gasteiger partial charge on any atom is -0.454 e. The van der Waals surface area contributed by atoms with E-state index in [9.17, 15) is 14.0 Å². The number of carbonyl (C=O) groups is 2. The molecular weight excluding hydrogens is 483 g/mol. The highest BCUT2D eigenvalue weighted by Crippen LogP contribution is 2.42. The normalized spacial score (nSPS) is 13.6. The Labute approximate surface area is 215 Å². The highest BCUT2D eigenvalue weighted by Gasteiger charge is 2.32. The molecule has 1 aliphatic heterocycles. The van der Waals surface area contributed by atoms with E-state index in [4.69, 9.17) is 4.74 Å². The molecule has 2 aromatic carbocycles. The lowest BCUT2D eigenvalue weighted by atomic mass is 9.94. The summed E-state index contributed by atoms with van der Waals surface area (Å²) in [5, 5.41) is 5.17. The quantitative estimate of drug-likeness (QED) is 0.502. The average Bonchev–Trinajstić information content (AvgIpc) is 2.78. The molecule has 0 aromatic heterocycles. The number of nitrogens with zero attached hydrogens (tertiary/aromatic N) is 1. The largest absolute Gasteiger partial charge is 0.454 e. The van der Waals surface area contributed by atoms with E-state index in [1.807, 2.05) is 0 Å². The van der Waals surface area contributed by atoms with Gasteiger partial charge >= 0.3 is 0 Å². The van der Waals surface area contributed by atoms with Gasteiger partial charge in [-0.15, -0.1) is 0 Å². The third-order valence-corrected chi connectivity index (χ3v) is 5.81. The van der Waals surface area contributed by atoms with E-state index in [-0.39, 0.29) is 52.9 Å². The van der Waals surface area contributed by atoms with Crippen LogP contribution < -0.4 is 15.4 Å². The number of ether oxygens (including phenoxy) is 1. The molecule has 0 aliphatic carbocycles. The molecule has 0 fully saturated rings. The van der Waals surface area contributed by atoms with Crippen molar-refractivity contribution in [2.24, 2.45) is 10.8 Å². The fourth-order valence-corrected chi connectivity index (χ4v) is 3.55. The number of amides is 2. The Bertz CT molecular complexity index is 1270. The van der Waals surface area contributed by atoms with Gasteiger partial charge in [0.05, 0.1) is 11.4 Å². The van der Waals surface area contributed by atoms with Crippen molar-refractivity contribution in [1.29, 1.82) is 0 Å². The molecule has 1 aliphatic rings. The molecule has 2 aromatic rings. The van der Waals surface area contributed by atoms with Gasteiger partial charge in [0.15, 0.2) is 17.4 Å². The highest BCUT2D eigenvalue weighted by molar-refractivity contribution is 5.96. The second kappa shape index (κ2) is 10.2. The number of halogens is 3. The summed E-state index contributed by atoms with van der Waals surface area (Å²) in [4.78, 5) is 26.5. The molecule has 200 valence electrons. The van der Waals surface area contributed by atoms with Gasteiger partial charge in [-0.05, 0) is 38.4 Å². The van der Waals surface area contributed by atoms with Crippen molar-refractivity contribution in [3.8, 4) is 5.75 Å². The summed E-state index contributed by atoms with van der Waals surface area (Å²) in [7, 11) is 3.33. The smallest absolute Gasteiger partial charge is 0.229 e. The topological polar surface area (TPSA) is 70.7 Å². The summed E-state index contributed by atoms with van der Waals surface area (Å²) < 4.78 is 51.7. The first-order chi connectivity index (χ1) is 17.0. The van der Waals surface area contributed by atoms with E-state index in [0.29, 0.717) is 5.56 Å². The Hall–Kier alpha value is -3.33. The Morgan fingerprint density at radius 2 is 1.54 bits per heavy atom. The van der Waals surface area contributed by atoms with Gasteiger partial charge in [-0.2, -0.15) is 0 Å². The van der Waals surface area contributed by atoms with Gasteiger partial charge in [-0.25, -0.2) is 13.2 Å². The molecule has 3 rings (SSSR count). The van der Waals surface area contributed by atoms with Crippen LogP contribution >= 0.6 is 0 Å². The summed E-state index contributed by atoms with van der Waals surface area (Å²) in [6, 6.07) is 4.13. The number of benzene rings is 2. The Balaban J connectivity index is 2.02. The molecule has 0 saturated carbocycles. The second-order valence-electron chi connectivity index (χ2n) is 11.5. The zero-order chi connectivity index (χ0) is 27.9. The number of hydrogen-bond donors (Lipinski definition) is 2. The fourth-order valence-electron chi connectivity index (χ4n) is 3.55. The van der Waals surface area contributed by atoms with Gasteiger partial charge in [0, 0.05) is 40.5 Å². The van der Waals surface area contributed by atoms with Gasteiger partial charge in [0.2, 0.25) is 11.8 Å². The summed E-state index contributed by atoms with van der Waals surface area (Å²) >= 11 is 0. The van der Waals surface area contributed by atoms with Crippen LogP contribution in [-0.4, -0.2) is 30.8 Å². The zero-order valence-electron chi connectivity index (χ0n) is 22.5. The molecule has 0 radical (unpaired) electrons. The second-order valence-corrected chi connectivity index (χ2v) is 11.5. The van der Waals surface area contributed by atoms with Crippen LogP contribution in [0.3, 0.4) is 0 Å². The van der Waals surface area contributed by atoms with Crippen LogP contribution in [0, 0.1) is 28.3 Å². The number of allylic oxidation sites excluding steroid dienone is 1. The van der Waals surface area contributed by atoms with Crippen LogP contribution in [-0.2, 0) is 22.6 Å². The van der Waals surface area contributed by atoms with Crippen molar-refractivity contribution in [2.45, 2.75) is 54.5 Å². The van der Waals surface area contributed by atoms with E-state index in [1.165, 1.54) is 12.1 Å². The van der Waals surface area contributed by atoms with Gasteiger partial charge in [0.1, 0.15) is 11.6 Å². The van der Waals surface area contributed by atoms with Crippen molar-refractivity contribution in [3.63, 3.8) is 0 Å². The monoisotopic (exact) mass is 517 g/mol. The van der Waals surface area contributed by atoms with Crippen LogP contribution in [0.4, 0.5) is 24.5 Å². The molecule has 6 nitrogen and oxygen atoms in total. The SMILES string of the molecule is CN(C)Cc1c(F)c(NC(=O)C(C)(C)C)c2c(c1F)OC(c1ccc(NC(=O)C(C)(C)C)c(F)c1)=CC2. The van der Waals surface area contributed by atoms with Crippen molar-refractivity contribution >= 4 is 28.9 Å². The summed E-state index contributed by atoms with van der Waals surface area (Å²) in [6.45, 7) is 10.1. The first-order valence-corrected chi connectivity index (χ1v) is 12.0. The van der Waals surface area contributed by atoms with Crippen molar-refractivity contribution in [3.05, 3.63) is 58.4 Å². The maximum atomic E-state index is 15.6. The number of fused-ring (bicyclic) bond motifs is 1. The summed E-state index contributed by atoms with van der Waals surface area (Å²) in [6.07, 6.45) is 1.62. The summed E-state index contributed by atoms with van der Waals surface area (Å²) in [5.74, 6) is -3.23. The van der Waals surface area contributed by atoms with Crippen molar-refractivity contribution in [2.75, 3.05) is 24.7 Å². The number of carbonyl (C=O) groups excluding carboxylic acids is 2. The molecule has 0 spiro atoms. The molecule has 37 heavy (non-hydrogen) atoms. The van der Waals surface area contributed by atoms with Crippen LogP contribution in [0.15, 0.2) is 24.3 Å². The van der Waals surface area contributed by atoms with Gasteiger partial charge in [-0.3, -0.25) is 9.59 Å². The number of anilines is 2. The molecule has 0 unspecified atom stereocenters. The van der Waals surface area contributed by atoms with E-state index in [2.05, 4.69) is 10.6 Å². The van der Waals surface area contributed by atoms with Crippen molar-refractivity contribution < 1.29 is 27.5 Å². The van der Waals surface area contributed by atoms with Crippen LogP contribution in [0.5, 0.6) is 5.75 Å². The van der Waals surface area contributed by atoms with Crippen LogP contribution in [0.2, 0.25) is 0 Å². The van der Waals surface area contributed by atoms with E-state index >= 15 is 8.78 Å². The lowest BCUT2D eigenvalue weighted by molar-refractivity contribution is -0.123. The van der Waals surface area contributed by atoms with Crippen molar-refractivity contribution in [1.82, 2.24) is 4.90 Å². The maximum Gasteiger partial charge on any atom is 0.229 e. The third-order valence-electron chi connectivity index (χ3n) is 5.81. The predicted octanol–water partition coefficient (Wildman–Crippen LogP) is 6.11. The predicted molar refractivity (Wildman–Crippen MR) is 139 cm³/mol. The van der Waals surface area contributed by atoms with E-state index in [1.54, 1.807) is 72.7 Å². The minimum absolute atomic E-state index is 0.00850. The molecular formula is C28H34F3N3O3. The lowest BCUT2D eigenvalue weighted by Crippen LogP contribution is -2.29. The van der Waals surface area contributed by atoms with E-state index in [0.717, 1.165) is 0 Å². The fraction of sp³-hybridized carbons (Fsp3) is 0.429. The zero-order valence-corrected chi connectivity index (χ0v) is 22.5. The summed E-state index contributed by atoms with van der Waals surface area (Å²) in [5.41, 5.74) is -1.41. The first-order valence-electron chi connectivity index (χ1n) is 12.0. The number of rotatable bonds is 5. The molecule has 0 atom stereocenters. The Morgan fingerprint density at radius 3 is 2.08 bits per heavy atom. The maximum absolute atomic E-state index is 15.6. The number of hydrogen-bond acceptors (Lipinski definition) is 4. The molecule has 2 N–H and O–H groups in total. The van der Waals surface area contributed by atoms with Gasteiger partial charge in [-0.1, -0.05) is 41.5 Å². The lowest BCUT2D eigenvalue weighted by Gasteiger charge is -2.26. The van der Waals surface area contributed by atoms with Gasteiger partial charge in [0.25, 0.3) is 0 Å². The molecule has 9 heteroatoms. The average molecular weight is 518 g/mol.